The van der Waals surface area contributed by atoms with E-state index in [1.54, 1.807) is 0 Å². The molecule has 4 nitrogen and oxygen atoms in total. The first-order valence-electron chi connectivity index (χ1n) is 6.56. The van der Waals surface area contributed by atoms with Gasteiger partial charge in [0, 0.05) is 6.54 Å². The molecule has 1 atom stereocenters. The molecule has 1 aromatic carbocycles. The van der Waals surface area contributed by atoms with Crippen LogP contribution in [-0.4, -0.2) is 28.1 Å². The largest absolute Gasteiger partial charge is 0.316 e. The zero-order valence-electron chi connectivity index (χ0n) is 11.2. The van der Waals surface area contributed by atoms with Crippen LogP contribution in [0.25, 0.3) is 0 Å². The summed E-state index contributed by atoms with van der Waals surface area (Å²) in [7, 11) is -3.71. The van der Waals surface area contributed by atoms with Gasteiger partial charge in [-0.1, -0.05) is 11.6 Å². The summed E-state index contributed by atoms with van der Waals surface area (Å²) in [5.74, 6) is -0.232. The third kappa shape index (κ3) is 3.69. The van der Waals surface area contributed by atoms with E-state index in [0.29, 0.717) is 6.54 Å². The number of aryl methyl sites for hydroxylation is 1. The summed E-state index contributed by atoms with van der Waals surface area (Å²) in [5.41, 5.74) is 0.258. The van der Waals surface area contributed by atoms with Crippen molar-refractivity contribution in [2.45, 2.75) is 24.7 Å². The number of hydrogen-bond acceptors (Lipinski definition) is 3. The highest BCUT2D eigenvalue weighted by Crippen LogP contribution is 2.24. The highest BCUT2D eigenvalue weighted by Gasteiger charge is 2.22. The molecule has 20 heavy (non-hydrogen) atoms. The molecule has 0 radical (unpaired) electrons. The second kappa shape index (κ2) is 6.39. The molecular formula is C13H18ClFN2O2S. The van der Waals surface area contributed by atoms with E-state index in [0.717, 1.165) is 32.0 Å². The third-order valence-electron chi connectivity index (χ3n) is 3.46. The highest BCUT2D eigenvalue weighted by molar-refractivity contribution is 7.89. The molecule has 0 spiro atoms. The molecule has 1 aliphatic heterocycles. The van der Waals surface area contributed by atoms with Gasteiger partial charge in [-0.15, -0.1) is 0 Å². The molecule has 2 rings (SSSR count). The highest BCUT2D eigenvalue weighted by atomic mass is 35.5. The molecular weight excluding hydrogens is 303 g/mol. The minimum absolute atomic E-state index is 0.0677. The van der Waals surface area contributed by atoms with Gasteiger partial charge in [0.05, 0.1) is 5.02 Å². The van der Waals surface area contributed by atoms with E-state index in [1.807, 2.05) is 0 Å². The van der Waals surface area contributed by atoms with Gasteiger partial charge in [0.2, 0.25) is 10.0 Å². The van der Waals surface area contributed by atoms with Crippen LogP contribution in [0.2, 0.25) is 5.02 Å². The lowest BCUT2D eigenvalue weighted by atomic mass is 10.0. The maximum atomic E-state index is 13.3. The van der Waals surface area contributed by atoms with Gasteiger partial charge in [-0.25, -0.2) is 17.5 Å². The Kier molecular flexibility index (Phi) is 5.01. The van der Waals surface area contributed by atoms with Crippen molar-refractivity contribution >= 4 is 21.6 Å². The van der Waals surface area contributed by atoms with Crippen molar-refractivity contribution in [2.75, 3.05) is 19.6 Å². The fourth-order valence-electron chi connectivity index (χ4n) is 2.24. The number of piperidine rings is 1. The molecule has 112 valence electrons. The molecule has 0 unspecified atom stereocenters. The zero-order chi connectivity index (χ0) is 14.8. The van der Waals surface area contributed by atoms with Gasteiger partial charge in [-0.3, -0.25) is 0 Å². The lowest BCUT2D eigenvalue weighted by molar-refractivity contribution is 0.376. The first-order valence-corrected chi connectivity index (χ1v) is 8.42. The average Bonchev–Trinajstić information content (AvgIpc) is 2.42. The lowest BCUT2D eigenvalue weighted by Crippen LogP contribution is -2.38. The van der Waals surface area contributed by atoms with Crippen molar-refractivity contribution in [3.05, 3.63) is 28.5 Å². The summed E-state index contributed by atoms with van der Waals surface area (Å²) >= 11 is 5.84. The van der Waals surface area contributed by atoms with Gasteiger partial charge in [0.25, 0.3) is 0 Å². The smallest absolute Gasteiger partial charge is 0.242 e. The van der Waals surface area contributed by atoms with Crippen LogP contribution in [-0.2, 0) is 10.0 Å². The van der Waals surface area contributed by atoms with Crippen LogP contribution in [0.4, 0.5) is 4.39 Å². The van der Waals surface area contributed by atoms with E-state index in [4.69, 9.17) is 11.6 Å². The Morgan fingerprint density at radius 2 is 2.25 bits per heavy atom. The monoisotopic (exact) mass is 320 g/mol. The number of benzene rings is 1. The van der Waals surface area contributed by atoms with Crippen LogP contribution >= 0.6 is 11.6 Å². The standard InChI is InChI=1S/C13H18ClFN2O2S/c1-9-5-13(11(14)6-12(9)15)20(18,19)17-8-10-3-2-4-16-7-10/h5-6,10,16-17H,2-4,7-8H2,1H3/t10-/m0/s1. The van der Waals surface area contributed by atoms with Crippen LogP contribution in [0.15, 0.2) is 17.0 Å². The number of halogens is 2. The maximum absolute atomic E-state index is 13.3. The lowest BCUT2D eigenvalue weighted by Gasteiger charge is -2.23. The maximum Gasteiger partial charge on any atom is 0.242 e. The number of hydrogen-bond donors (Lipinski definition) is 2. The molecule has 0 bridgehead atoms. The predicted molar refractivity (Wildman–Crippen MR) is 76.9 cm³/mol. The van der Waals surface area contributed by atoms with Crippen molar-refractivity contribution in [3.8, 4) is 0 Å². The normalized spacial score (nSPS) is 20.1. The van der Waals surface area contributed by atoms with Crippen LogP contribution in [0.1, 0.15) is 18.4 Å². The summed E-state index contributed by atoms with van der Waals surface area (Å²) in [6.07, 6.45) is 2.04. The SMILES string of the molecule is Cc1cc(S(=O)(=O)NC[C@H]2CCCNC2)c(Cl)cc1F. The summed E-state index contributed by atoms with van der Waals surface area (Å²) in [4.78, 5) is -0.0677. The topological polar surface area (TPSA) is 58.2 Å². The Morgan fingerprint density at radius 3 is 2.90 bits per heavy atom. The first-order chi connectivity index (χ1) is 9.40. The molecule has 2 N–H and O–H groups in total. The Hall–Kier alpha value is -0.690. The molecule has 1 aliphatic rings. The number of sulfonamides is 1. The van der Waals surface area contributed by atoms with E-state index in [9.17, 15) is 12.8 Å². The van der Waals surface area contributed by atoms with Crippen LogP contribution in [0.3, 0.4) is 0 Å². The van der Waals surface area contributed by atoms with Gasteiger partial charge < -0.3 is 5.32 Å². The van der Waals surface area contributed by atoms with Crippen LogP contribution in [0, 0.1) is 18.7 Å². The molecule has 0 amide bonds. The molecule has 1 fully saturated rings. The van der Waals surface area contributed by atoms with Gasteiger partial charge in [-0.2, -0.15) is 0 Å². The number of rotatable bonds is 4. The summed E-state index contributed by atoms with van der Waals surface area (Å²) in [6, 6.07) is 2.30. The van der Waals surface area contributed by atoms with Crippen molar-refractivity contribution < 1.29 is 12.8 Å². The van der Waals surface area contributed by atoms with Gasteiger partial charge >= 0.3 is 0 Å². The second-order valence-corrected chi connectivity index (χ2v) is 7.24. The first kappa shape index (κ1) is 15.7. The quantitative estimate of drug-likeness (QED) is 0.893. The Labute approximate surface area is 123 Å². The van der Waals surface area contributed by atoms with Gasteiger partial charge in [0.15, 0.2) is 0 Å². The van der Waals surface area contributed by atoms with Crippen molar-refractivity contribution in [1.29, 1.82) is 0 Å². The van der Waals surface area contributed by atoms with Crippen LogP contribution < -0.4 is 10.0 Å². The summed E-state index contributed by atoms with van der Waals surface area (Å²) in [6.45, 7) is 3.66. The Balaban J connectivity index is 2.11. The van der Waals surface area contributed by atoms with Crippen molar-refractivity contribution in [3.63, 3.8) is 0 Å². The second-order valence-electron chi connectivity index (χ2n) is 5.10. The van der Waals surface area contributed by atoms with E-state index < -0.39 is 15.8 Å². The summed E-state index contributed by atoms with van der Waals surface area (Å²) in [5, 5.41) is 3.13. The van der Waals surface area contributed by atoms with Crippen molar-refractivity contribution in [1.82, 2.24) is 10.0 Å². The van der Waals surface area contributed by atoms with Crippen LogP contribution in [0.5, 0.6) is 0 Å². The molecule has 0 aromatic heterocycles. The van der Waals surface area contributed by atoms with E-state index >= 15 is 0 Å². The Morgan fingerprint density at radius 1 is 1.50 bits per heavy atom. The van der Waals surface area contributed by atoms with E-state index in [-0.39, 0.29) is 21.4 Å². The third-order valence-corrected chi connectivity index (χ3v) is 5.35. The molecule has 0 aliphatic carbocycles. The molecule has 7 heteroatoms. The predicted octanol–water partition coefficient (Wildman–Crippen LogP) is 2.07. The number of nitrogens with one attached hydrogen (secondary N) is 2. The minimum Gasteiger partial charge on any atom is -0.316 e. The van der Waals surface area contributed by atoms with E-state index in [1.165, 1.54) is 13.0 Å². The molecule has 1 saturated heterocycles. The summed E-state index contributed by atoms with van der Waals surface area (Å²) < 4.78 is 40.3. The average molecular weight is 321 g/mol. The molecule has 1 heterocycles. The van der Waals surface area contributed by atoms with E-state index in [2.05, 4.69) is 10.0 Å². The van der Waals surface area contributed by atoms with Crippen molar-refractivity contribution in [2.24, 2.45) is 5.92 Å². The Bertz CT molecular complexity index is 586. The van der Waals surface area contributed by atoms with Gasteiger partial charge in [-0.05, 0) is 56.5 Å². The molecule has 0 saturated carbocycles. The fraction of sp³-hybridized carbons (Fsp3) is 0.538. The zero-order valence-corrected chi connectivity index (χ0v) is 12.8. The molecule has 1 aromatic rings. The fourth-order valence-corrected chi connectivity index (χ4v) is 3.95. The minimum atomic E-state index is -3.71. The van der Waals surface area contributed by atoms with Gasteiger partial charge in [0.1, 0.15) is 10.7 Å².